The molecule has 2 radical (unpaired) electrons. The number of benzene rings is 1. The van der Waals surface area contributed by atoms with Crippen LogP contribution in [0.2, 0.25) is 12.6 Å². The molecule has 0 aromatic heterocycles. The van der Waals surface area contributed by atoms with E-state index in [1.54, 1.807) is 0 Å². The van der Waals surface area contributed by atoms with Crippen molar-refractivity contribution in [3.8, 4) is 0 Å². The van der Waals surface area contributed by atoms with Gasteiger partial charge in [-0.05, 0) is 32.8 Å². The van der Waals surface area contributed by atoms with Crippen LogP contribution in [0.3, 0.4) is 0 Å². The van der Waals surface area contributed by atoms with Crippen molar-refractivity contribution in [1.82, 2.24) is 0 Å². The summed E-state index contributed by atoms with van der Waals surface area (Å²) in [7, 11) is -1.95. The van der Waals surface area contributed by atoms with Gasteiger partial charge < -0.3 is 18.0 Å². The minimum absolute atomic E-state index is 0.302. The Balaban J connectivity index is 2.46. The van der Waals surface area contributed by atoms with Crippen LogP contribution in [0.5, 0.6) is 0 Å². The van der Waals surface area contributed by atoms with Crippen molar-refractivity contribution in [3.63, 3.8) is 0 Å². The number of rotatable bonds is 14. The first-order valence-electron chi connectivity index (χ1n) is 9.53. The van der Waals surface area contributed by atoms with E-state index in [9.17, 15) is 4.79 Å². The van der Waals surface area contributed by atoms with Gasteiger partial charge in [-0.25, -0.2) is 4.79 Å². The average Bonchev–Trinajstić information content (AvgIpc) is 2.66. The molecule has 0 atom stereocenters. The van der Waals surface area contributed by atoms with Crippen LogP contribution >= 0.6 is 0 Å². The molecular weight excluding hydrogens is 376 g/mol. The van der Waals surface area contributed by atoms with Gasteiger partial charge in [-0.15, -0.1) is 0 Å². The van der Waals surface area contributed by atoms with E-state index in [2.05, 4.69) is 25.3 Å². The van der Waals surface area contributed by atoms with Crippen molar-refractivity contribution in [2.75, 3.05) is 26.4 Å². The SMILES string of the molecule is C=C(Cc1cccc([Si]C)c1)C(=O)OCCC[Si](OCC)(OCC)OCC. The largest absolute Gasteiger partial charge is 0.501 e. The van der Waals surface area contributed by atoms with E-state index in [0.717, 1.165) is 15.1 Å². The number of carbonyl (C=O) groups excluding carboxylic acids is 1. The lowest BCUT2D eigenvalue weighted by Crippen LogP contribution is -2.46. The zero-order valence-electron chi connectivity index (χ0n) is 17.0. The molecule has 1 rings (SSSR count). The first-order chi connectivity index (χ1) is 13.0. The topological polar surface area (TPSA) is 54.0 Å². The van der Waals surface area contributed by atoms with Gasteiger partial charge in [0, 0.05) is 37.9 Å². The van der Waals surface area contributed by atoms with Crippen LogP contribution in [-0.4, -0.2) is 50.7 Å². The maximum Gasteiger partial charge on any atom is 0.501 e. The molecule has 27 heavy (non-hydrogen) atoms. The van der Waals surface area contributed by atoms with Gasteiger partial charge in [0.2, 0.25) is 0 Å². The summed E-state index contributed by atoms with van der Waals surface area (Å²) in [6.07, 6.45) is 1.14. The number of hydrogen-bond acceptors (Lipinski definition) is 5. The van der Waals surface area contributed by atoms with Gasteiger partial charge in [0.15, 0.2) is 0 Å². The summed E-state index contributed by atoms with van der Waals surface area (Å²) in [5.41, 5.74) is 1.55. The van der Waals surface area contributed by atoms with E-state index in [1.165, 1.54) is 5.19 Å². The number of ether oxygens (including phenoxy) is 1. The summed E-state index contributed by atoms with van der Waals surface area (Å²) in [5, 5.41) is 1.28. The molecular formula is C20H32O5Si2. The Morgan fingerprint density at radius 2 is 1.74 bits per heavy atom. The van der Waals surface area contributed by atoms with Crippen LogP contribution in [0.1, 0.15) is 32.8 Å². The smallest absolute Gasteiger partial charge is 0.462 e. The summed E-state index contributed by atoms with van der Waals surface area (Å²) in [5.74, 6) is -0.351. The summed E-state index contributed by atoms with van der Waals surface area (Å²) in [4.78, 5) is 12.2. The van der Waals surface area contributed by atoms with Crippen LogP contribution in [0.4, 0.5) is 0 Å². The molecule has 0 fully saturated rings. The Bertz CT molecular complexity index is 574. The molecule has 1 aromatic carbocycles. The molecule has 0 unspecified atom stereocenters. The molecule has 0 saturated carbocycles. The predicted octanol–water partition coefficient (Wildman–Crippen LogP) is 3.14. The maximum absolute atomic E-state index is 12.2. The van der Waals surface area contributed by atoms with E-state index in [-0.39, 0.29) is 5.97 Å². The maximum atomic E-state index is 12.2. The minimum atomic E-state index is -2.68. The summed E-state index contributed by atoms with van der Waals surface area (Å²) in [6.45, 7) is 13.7. The van der Waals surface area contributed by atoms with Gasteiger partial charge in [0.1, 0.15) is 0 Å². The second-order valence-electron chi connectivity index (χ2n) is 5.95. The molecule has 0 amide bonds. The summed E-state index contributed by atoms with van der Waals surface area (Å²) in [6, 6.07) is 8.85. The fourth-order valence-electron chi connectivity index (χ4n) is 2.71. The Hall–Kier alpha value is -1.26. The van der Waals surface area contributed by atoms with Gasteiger partial charge >= 0.3 is 14.8 Å². The summed E-state index contributed by atoms with van der Waals surface area (Å²) >= 11 is 0. The summed E-state index contributed by atoms with van der Waals surface area (Å²) < 4.78 is 22.8. The Morgan fingerprint density at radius 3 is 2.30 bits per heavy atom. The van der Waals surface area contributed by atoms with E-state index < -0.39 is 8.80 Å². The number of esters is 1. The molecule has 0 heterocycles. The normalized spacial score (nSPS) is 11.4. The molecule has 0 saturated heterocycles. The Kier molecular flexibility index (Phi) is 11.5. The third kappa shape index (κ3) is 8.53. The fourth-order valence-corrected chi connectivity index (χ4v) is 5.88. The fraction of sp³-hybridized carbons (Fsp3) is 0.550. The monoisotopic (exact) mass is 408 g/mol. The van der Waals surface area contributed by atoms with Crippen LogP contribution in [0.15, 0.2) is 36.4 Å². The highest BCUT2D eigenvalue weighted by molar-refractivity contribution is 6.60. The number of hydrogen-bond donors (Lipinski definition) is 0. The highest BCUT2D eigenvalue weighted by Crippen LogP contribution is 2.18. The molecule has 0 aliphatic carbocycles. The van der Waals surface area contributed by atoms with Gasteiger partial charge in [-0.1, -0.05) is 42.6 Å². The first-order valence-corrected chi connectivity index (χ1v) is 13.0. The van der Waals surface area contributed by atoms with Gasteiger partial charge in [0.25, 0.3) is 0 Å². The Morgan fingerprint density at radius 1 is 1.11 bits per heavy atom. The van der Waals surface area contributed by atoms with Crippen molar-refractivity contribution in [2.45, 2.75) is 46.2 Å². The molecule has 5 nitrogen and oxygen atoms in total. The molecule has 150 valence electrons. The highest BCUT2D eigenvalue weighted by Gasteiger charge is 2.39. The van der Waals surface area contributed by atoms with E-state index in [1.807, 2.05) is 32.9 Å². The molecule has 0 spiro atoms. The first kappa shape index (κ1) is 23.8. The van der Waals surface area contributed by atoms with E-state index in [0.29, 0.717) is 50.9 Å². The second kappa shape index (κ2) is 13.0. The van der Waals surface area contributed by atoms with Crippen molar-refractivity contribution < 1.29 is 22.8 Å². The standard InChI is InChI=1S/C20H32O5Si2/c1-6-23-27(24-7-2,25-8-3)14-10-13-22-20(21)17(4)15-18-11-9-12-19(16-18)26-5/h9,11-12,16H,4,6-8,10,13-15H2,1-3,5H3. The quantitative estimate of drug-likeness (QED) is 0.205. The van der Waals surface area contributed by atoms with Crippen LogP contribution in [0, 0.1) is 0 Å². The van der Waals surface area contributed by atoms with Gasteiger partial charge in [-0.3, -0.25) is 0 Å². The lowest BCUT2D eigenvalue weighted by molar-refractivity contribution is -0.139. The van der Waals surface area contributed by atoms with Crippen LogP contribution < -0.4 is 5.19 Å². The third-order valence-corrected chi connectivity index (χ3v) is 7.91. The van der Waals surface area contributed by atoms with E-state index in [4.69, 9.17) is 18.0 Å². The minimum Gasteiger partial charge on any atom is -0.462 e. The zero-order chi connectivity index (χ0) is 20.1. The van der Waals surface area contributed by atoms with Crippen molar-refractivity contribution >= 4 is 29.5 Å². The lowest BCUT2D eigenvalue weighted by Gasteiger charge is -2.28. The van der Waals surface area contributed by atoms with Crippen LogP contribution in [-0.2, 0) is 29.2 Å². The number of carbonyl (C=O) groups is 1. The molecule has 0 aliphatic heterocycles. The Labute approximate surface area is 167 Å². The molecule has 0 N–H and O–H groups in total. The van der Waals surface area contributed by atoms with Crippen molar-refractivity contribution in [1.29, 1.82) is 0 Å². The average molecular weight is 409 g/mol. The lowest BCUT2D eigenvalue weighted by atomic mass is 10.1. The van der Waals surface area contributed by atoms with Crippen LogP contribution in [0.25, 0.3) is 0 Å². The molecule has 1 aromatic rings. The zero-order valence-corrected chi connectivity index (χ0v) is 19.0. The van der Waals surface area contributed by atoms with Gasteiger partial charge in [-0.2, -0.15) is 0 Å². The molecule has 0 bridgehead atoms. The van der Waals surface area contributed by atoms with E-state index >= 15 is 0 Å². The van der Waals surface area contributed by atoms with Crippen molar-refractivity contribution in [2.24, 2.45) is 0 Å². The van der Waals surface area contributed by atoms with Gasteiger partial charge in [0.05, 0.1) is 16.1 Å². The third-order valence-electron chi connectivity index (χ3n) is 3.88. The molecule has 7 heteroatoms. The second-order valence-corrected chi connectivity index (χ2v) is 9.76. The predicted molar refractivity (Wildman–Crippen MR) is 112 cm³/mol. The molecule has 0 aliphatic rings. The highest BCUT2D eigenvalue weighted by atomic mass is 28.4. The van der Waals surface area contributed by atoms with Crippen molar-refractivity contribution in [3.05, 3.63) is 42.0 Å².